The van der Waals surface area contributed by atoms with Crippen LogP contribution in [0.25, 0.3) is 0 Å². The topological polar surface area (TPSA) is 72.7 Å². The Morgan fingerprint density at radius 1 is 1.38 bits per heavy atom. The maximum Gasteiger partial charge on any atom is 0.270 e. The van der Waals surface area contributed by atoms with Crippen LogP contribution in [0.4, 0.5) is 0 Å². The molecule has 0 atom stereocenters. The molecule has 0 spiro atoms. The number of halogens is 1. The van der Waals surface area contributed by atoms with E-state index in [4.69, 9.17) is 11.6 Å². The van der Waals surface area contributed by atoms with Crippen LogP contribution >= 0.6 is 34.7 Å². The van der Waals surface area contributed by atoms with E-state index in [0.717, 1.165) is 32.3 Å². The predicted octanol–water partition coefficient (Wildman–Crippen LogP) is 3.50. The highest BCUT2D eigenvalue weighted by atomic mass is 35.5. The highest BCUT2D eigenvalue weighted by Crippen LogP contribution is 2.22. The quantitative estimate of drug-likeness (QED) is 0.607. The third kappa shape index (κ3) is 4.84. The second kappa shape index (κ2) is 8.66. The molecular weight excluding hydrogens is 390 g/mol. The first-order valence-corrected chi connectivity index (χ1v) is 10.2. The summed E-state index contributed by atoms with van der Waals surface area (Å²) in [5.41, 5.74) is 1.60. The molecule has 0 saturated carbocycles. The van der Waals surface area contributed by atoms with Crippen molar-refractivity contribution < 1.29 is 4.79 Å². The number of thioether (sulfide) groups is 1. The normalized spacial score (nSPS) is 10.9. The van der Waals surface area contributed by atoms with E-state index in [9.17, 15) is 4.79 Å². The van der Waals surface area contributed by atoms with E-state index in [-0.39, 0.29) is 5.91 Å². The number of aromatic nitrogens is 4. The van der Waals surface area contributed by atoms with Crippen LogP contribution in [0.1, 0.15) is 26.9 Å². The summed E-state index contributed by atoms with van der Waals surface area (Å²) in [6, 6.07) is 7.78. The van der Waals surface area contributed by atoms with E-state index < -0.39 is 0 Å². The smallest absolute Gasteiger partial charge is 0.270 e. The third-order valence-electron chi connectivity index (χ3n) is 3.67. The molecule has 0 radical (unpaired) electrons. The Labute approximate surface area is 165 Å². The van der Waals surface area contributed by atoms with Crippen molar-refractivity contribution in [1.82, 2.24) is 25.1 Å². The van der Waals surface area contributed by atoms with E-state index in [0.29, 0.717) is 18.7 Å². The molecule has 0 saturated heterocycles. The summed E-state index contributed by atoms with van der Waals surface area (Å²) in [6.07, 6.45) is 0.607. The van der Waals surface area contributed by atoms with Gasteiger partial charge in [0.25, 0.3) is 5.91 Å². The summed E-state index contributed by atoms with van der Waals surface area (Å²) >= 11 is 9.08. The molecule has 26 heavy (non-hydrogen) atoms. The zero-order chi connectivity index (χ0) is 18.5. The number of hydrogen-bond acceptors (Lipinski definition) is 6. The maximum atomic E-state index is 12.0. The fourth-order valence-electron chi connectivity index (χ4n) is 2.31. The van der Waals surface area contributed by atoms with Gasteiger partial charge in [0.2, 0.25) is 0 Å². The Balaban J connectivity index is 1.51. The SMILES string of the molecule is Cc1nc(C(=O)NCCc2nnc(SCc3cccc(Cl)c3)n2C)cs1. The summed E-state index contributed by atoms with van der Waals surface area (Å²) in [5.74, 6) is 1.44. The number of carbonyl (C=O) groups is 1. The van der Waals surface area contributed by atoms with Crippen molar-refractivity contribution in [3.63, 3.8) is 0 Å². The van der Waals surface area contributed by atoms with Crippen LogP contribution in [0.2, 0.25) is 5.02 Å². The monoisotopic (exact) mass is 407 g/mol. The van der Waals surface area contributed by atoms with Gasteiger partial charge in [-0.1, -0.05) is 35.5 Å². The van der Waals surface area contributed by atoms with Crippen molar-refractivity contribution in [1.29, 1.82) is 0 Å². The molecule has 0 aliphatic carbocycles. The zero-order valence-electron chi connectivity index (χ0n) is 14.4. The molecule has 0 unspecified atom stereocenters. The van der Waals surface area contributed by atoms with E-state index in [1.165, 1.54) is 11.3 Å². The number of amides is 1. The van der Waals surface area contributed by atoms with Gasteiger partial charge in [0.05, 0.1) is 5.01 Å². The lowest BCUT2D eigenvalue weighted by molar-refractivity contribution is 0.0949. The number of carbonyl (C=O) groups excluding carboxylic acids is 1. The average molecular weight is 408 g/mol. The van der Waals surface area contributed by atoms with Gasteiger partial charge >= 0.3 is 0 Å². The zero-order valence-corrected chi connectivity index (χ0v) is 16.8. The predicted molar refractivity (Wildman–Crippen MR) is 105 cm³/mol. The first kappa shape index (κ1) is 18.9. The first-order valence-electron chi connectivity index (χ1n) is 7.99. The largest absolute Gasteiger partial charge is 0.350 e. The van der Waals surface area contributed by atoms with Crippen LogP contribution in [0, 0.1) is 6.92 Å². The highest BCUT2D eigenvalue weighted by molar-refractivity contribution is 7.98. The van der Waals surface area contributed by atoms with Crippen molar-refractivity contribution in [2.24, 2.45) is 7.05 Å². The minimum atomic E-state index is -0.160. The van der Waals surface area contributed by atoms with Gasteiger partial charge < -0.3 is 9.88 Å². The van der Waals surface area contributed by atoms with Gasteiger partial charge in [-0.15, -0.1) is 21.5 Å². The molecule has 0 aliphatic rings. The third-order valence-corrected chi connectivity index (χ3v) is 5.77. The van der Waals surface area contributed by atoms with Crippen molar-refractivity contribution in [2.75, 3.05) is 6.54 Å². The summed E-state index contributed by atoms with van der Waals surface area (Å²) in [6.45, 7) is 2.37. The van der Waals surface area contributed by atoms with E-state index in [2.05, 4.69) is 20.5 Å². The molecule has 1 amide bonds. The van der Waals surface area contributed by atoms with Gasteiger partial charge in [0.1, 0.15) is 11.5 Å². The Morgan fingerprint density at radius 2 is 2.23 bits per heavy atom. The molecule has 6 nitrogen and oxygen atoms in total. The van der Waals surface area contributed by atoms with Crippen LogP contribution in [0.5, 0.6) is 0 Å². The van der Waals surface area contributed by atoms with Crippen molar-refractivity contribution >= 4 is 40.6 Å². The molecule has 1 N–H and O–H groups in total. The summed E-state index contributed by atoms with van der Waals surface area (Å²) < 4.78 is 1.95. The number of aryl methyl sites for hydroxylation is 1. The molecule has 2 heterocycles. The standard InChI is InChI=1S/C17H18ClN5OS2/c1-11-20-14(10-25-11)16(24)19-7-6-15-21-22-17(23(15)2)26-9-12-4-3-5-13(18)8-12/h3-5,8,10H,6-7,9H2,1-2H3,(H,19,24). The van der Waals surface area contributed by atoms with Crippen LogP contribution in [-0.2, 0) is 19.2 Å². The van der Waals surface area contributed by atoms with Crippen LogP contribution in [-0.4, -0.2) is 32.2 Å². The Hall–Kier alpha value is -1.90. The van der Waals surface area contributed by atoms with Crippen molar-refractivity contribution in [3.8, 4) is 0 Å². The van der Waals surface area contributed by atoms with Crippen LogP contribution in [0.15, 0.2) is 34.8 Å². The summed E-state index contributed by atoms with van der Waals surface area (Å²) in [4.78, 5) is 16.2. The number of benzene rings is 1. The number of hydrogen-bond donors (Lipinski definition) is 1. The first-order chi connectivity index (χ1) is 12.5. The molecule has 2 aromatic heterocycles. The van der Waals surface area contributed by atoms with Crippen LogP contribution < -0.4 is 5.32 Å². The van der Waals surface area contributed by atoms with Crippen LogP contribution in [0.3, 0.4) is 0 Å². The molecule has 9 heteroatoms. The van der Waals surface area contributed by atoms with E-state index >= 15 is 0 Å². The fraction of sp³-hybridized carbons (Fsp3) is 0.294. The minimum absolute atomic E-state index is 0.160. The van der Waals surface area contributed by atoms with Gasteiger partial charge in [-0.05, 0) is 24.6 Å². The van der Waals surface area contributed by atoms with Gasteiger partial charge in [-0.25, -0.2) is 4.98 Å². The summed E-state index contributed by atoms with van der Waals surface area (Å²) in [5, 5.41) is 15.5. The Bertz CT molecular complexity index is 908. The van der Waals surface area contributed by atoms with Crippen molar-refractivity contribution in [3.05, 3.63) is 56.8 Å². The van der Waals surface area contributed by atoms with Gasteiger partial charge in [-0.2, -0.15) is 0 Å². The Kier molecular flexibility index (Phi) is 6.29. The minimum Gasteiger partial charge on any atom is -0.350 e. The number of nitrogens with one attached hydrogen (secondary N) is 1. The lowest BCUT2D eigenvalue weighted by Gasteiger charge is -2.05. The molecule has 0 aliphatic heterocycles. The average Bonchev–Trinajstić information content (AvgIpc) is 3.20. The molecule has 1 aromatic carbocycles. The number of nitrogens with zero attached hydrogens (tertiary/aromatic N) is 4. The molecule has 3 rings (SSSR count). The number of thiazole rings is 1. The van der Waals surface area contributed by atoms with E-state index in [1.54, 1.807) is 17.1 Å². The summed E-state index contributed by atoms with van der Waals surface area (Å²) in [7, 11) is 1.93. The van der Waals surface area contributed by atoms with Gasteiger partial charge in [0.15, 0.2) is 5.16 Å². The lowest BCUT2D eigenvalue weighted by Crippen LogP contribution is -2.26. The molecular formula is C17H18ClN5OS2. The Morgan fingerprint density at radius 3 is 2.96 bits per heavy atom. The molecule has 0 bridgehead atoms. The lowest BCUT2D eigenvalue weighted by atomic mass is 10.2. The fourth-order valence-corrected chi connectivity index (χ4v) is 3.99. The second-order valence-electron chi connectivity index (χ2n) is 5.63. The molecule has 0 fully saturated rings. The van der Waals surface area contributed by atoms with Gasteiger partial charge in [-0.3, -0.25) is 4.79 Å². The highest BCUT2D eigenvalue weighted by Gasteiger charge is 2.12. The molecule has 136 valence electrons. The van der Waals surface area contributed by atoms with Crippen molar-refractivity contribution in [2.45, 2.75) is 24.3 Å². The van der Waals surface area contributed by atoms with E-state index in [1.807, 2.05) is 42.8 Å². The maximum absolute atomic E-state index is 12.0. The second-order valence-corrected chi connectivity index (χ2v) is 8.08. The number of rotatable bonds is 7. The van der Waals surface area contributed by atoms with Gasteiger partial charge in [0, 0.05) is 36.2 Å². The molecule has 3 aromatic rings.